The van der Waals surface area contributed by atoms with E-state index in [-0.39, 0.29) is 23.3 Å². The van der Waals surface area contributed by atoms with Gasteiger partial charge in [-0.3, -0.25) is 9.59 Å². The third-order valence-electron chi connectivity index (χ3n) is 7.92. The molecule has 2 amide bonds. The van der Waals surface area contributed by atoms with Crippen LogP contribution in [0.4, 0.5) is 22.9 Å². The number of carbonyl (C=O) groups is 2. The first-order valence-electron chi connectivity index (χ1n) is 12.7. The Morgan fingerprint density at radius 3 is 2.56 bits per heavy atom. The molecule has 1 aliphatic carbocycles. The molecule has 3 aliphatic heterocycles. The van der Waals surface area contributed by atoms with Crippen LogP contribution in [0.3, 0.4) is 0 Å². The van der Waals surface area contributed by atoms with Gasteiger partial charge in [0.05, 0.1) is 23.9 Å². The summed E-state index contributed by atoms with van der Waals surface area (Å²) in [7, 11) is 0. The Bertz CT molecular complexity index is 1350. The Morgan fingerprint density at radius 1 is 1.00 bits per heavy atom. The summed E-state index contributed by atoms with van der Waals surface area (Å²) in [5, 5.41) is 3.32. The van der Waals surface area contributed by atoms with Crippen molar-refractivity contribution in [2.45, 2.75) is 44.6 Å². The minimum Gasteiger partial charge on any atom is -0.476 e. The normalized spacial score (nSPS) is 21.7. The zero-order valence-electron chi connectivity index (χ0n) is 19.9. The van der Waals surface area contributed by atoms with Gasteiger partial charge in [-0.25, -0.2) is 9.97 Å². The molecule has 0 unspecified atom stereocenters. The van der Waals surface area contributed by atoms with Gasteiger partial charge in [-0.05, 0) is 61.6 Å². The van der Waals surface area contributed by atoms with E-state index in [9.17, 15) is 9.59 Å². The van der Waals surface area contributed by atoms with E-state index < -0.39 is 0 Å². The monoisotopic (exact) mass is 481 g/mol. The molecule has 1 atom stereocenters. The Labute approximate surface area is 209 Å². The van der Waals surface area contributed by atoms with Crippen LogP contribution in [0.5, 0.6) is 5.88 Å². The molecule has 4 aliphatic rings. The molecule has 5 heterocycles. The van der Waals surface area contributed by atoms with Crippen LogP contribution in [0.15, 0.2) is 54.9 Å². The molecular formula is C28H27N5O3. The van der Waals surface area contributed by atoms with Crippen LogP contribution in [0, 0.1) is 5.41 Å². The number of benzene rings is 1. The molecule has 0 bridgehead atoms. The summed E-state index contributed by atoms with van der Waals surface area (Å²) in [6.07, 6.45) is 8.85. The Morgan fingerprint density at radius 2 is 1.83 bits per heavy atom. The van der Waals surface area contributed by atoms with Crippen LogP contribution >= 0.6 is 0 Å². The highest BCUT2D eigenvalue weighted by molar-refractivity contribution is 6.03. The molecule has 2 aromatic heterocycles. The SMILES string of the molecule is O=C1CCCN1c1ccc(-c2ccc(Nc3cnc4c(c3)N3C(=O)C5(CC5)C[C@H]3CCO4)nc2)cc1. The lowest BCUT2D eigenvalue weighted by Crippen LogP contribution is -2.33. The number of carbonyl (C=O) groups excluding carboxylic acids is 2. The Kier molecular flexibility index (Phi) is 4.77. The number of ether oxygens (including phenoxy) is 1. The molecular weight excluding hydrogens is 454 g/mol. The molecule has 3 aromatic rings. The summed E-state index contributed by atoms with van der Waals surface area (Å²) >= 11 is 0. The fraction of sp³-hybridized carbons (Fsp3) is 0.357. The van der Waals surface area contributed by atoms with Crippen LogP contribution in [0.2, 0.25) is 0 Å². The van der Waals surface area contributed by atoms with Crippen molar-refractivity contribution in [1.82, 2.24) is 9.97 Å². The average molecular weight is 482 g/mol. The van der Waals surface area contributed by atoms with Gasteiger partial charge in [-0.15, -0.1) is 0 Å². The fourth-order valence-electron chi connectivity index (χ4n) is 5.78. The number of aromatic nitrogens is 2. The smallest absolute Gasteiger partial charge is 0.238 e. The summed E-state index contributed by atoms with van der Waals surface area (Å²) in [5.74, 6) is 1.63. The fourth-order valence-corrected chi connectivity index (χ4v) is 5.78. The lowest BCUT2D eigenvalue weighted by molar-refractivity contribution is -0.121. The minimum absolute atomic E-state index is 0.137. The first kappa shape index (κ1) is 21.4. The van der Waals surface area contributed by atoms with E-state index in [1.165, 1.54) is 0 Å². The molecule has 36 heavy (non-hydrogen) atoms. The highest BCUT2D eigenvalue weighted by Gasteiger charge is 2.60. The van der Waals surface area contributed by atoms with Gasteiger partial charge in [0.1, 0.15) is 11.5 Å². The summed E-state index contributed by atoms with van der Waals surface area (Å²) in [6, 6.07) is 14.1. The topological polar surface area (TPSA) is 87.7 Å². The van der Waals surface area contributed by atoms with E-state index in [1.807, 2.05) is 58.5 Å². The molecule has 1 N–H and O–H groups in total. The largest absolute Gasteiger partial charge is 0.476 e. The molecule has 1 spiro atoms. The second-order valence-corrected chi connectivity index (χ2v) is 10.3. The maximum absolute atomic E-state index is 13.2. The van der Waals surface area contributed by atoms with Gasteiger partial charge in [-0.2, -0.15) is 0 Å². The molecule has 1 saturated carbocycles. The van der Waals surface area contributed by atoms with Crippen LogP contribution in [-0.2, 0) is 9.59 Å². The highest BCUT2D eigenvalue weighted by Crippen LogP contribution is 2.58. The van der Waals surface area contributed by atoms with Crippen LogP contribution in [0.1, 0.15) is 38.5 Å². The van der Waals surface area contributed by atoms with Gasteiger partial charge in [0.15, 0.2) is 0 Å². The van der Waals surface area contributed by atoms with Gasteiger partial charge in [0, 0.05) is 42.9 Å². The van der Waals surface area contributed by atoms with Gasteiger partial charge >= 0.3 is 0 Å². The van der Waals surface area contributed by atoms with E-state index >= 15 is 0 Å². The lowest BCUT2D eigenvalue weighted by Gasteiger charge is -2.22. The number of nitrogens with one attached hydrogen (secondary N) is 1. The van der Waals surface area contributed by atoms with Crippen molar-refractivity contribution in [2.24, 2.45) is 5.41 Å². The zero-order chi connectivity index (χ0) is 24.3. The molecule has 0 radical (unpaired) electrons. The van der Waals surface area contributed by atoms with Crippen molar-refractivity contribution < 1.29 is 14.3 Å². The van der Waals surface area contributed by atoms with Crippen molar-refractivity contribution in [2.75, 3.05) is 28.3 Å². The predicted molar refractivity (Wildman–Crippen MR) is 136 cm³/mol. The summed E-state index contributed by atoms with van der Waals surface area (Å²) in [6.45, 7) is 1.37. The van der Waals surface area contributed by atoms with Crippen molar-refractivity contribution in [3.05, 3.63) is 54.9 Å². The van der Waals surface area contributed by atoms with Crippen LogP contribution in [-0.4, -0.2) is 41.0 Å². The van der Waals surface area contributed by atoms with E-state index in [4.69, 9.17) is 4.74 Å². The third kappa shape index (κ3) is 3.51. The molecule has 182 valence electrons. The predicted octanol–water partition coefficient (Wildman–Crippen LogP) is 4.68. The molecule has 8 heteroatoms. The minimum atomic E-state index is -0.137. The van der Waals surface area contributed by atoms with Gasteiger partial charge < -0.3 is 19.9 Å². The maximum Gasteiger partial charge on any atom is 0.238 e. The molecule has 3 fully saturated rings. The van der Waals surface area contributed by atoms with Crippen molar-refractivity contribution in [3.8, 4) is 17.0 Å². The van der Waals surface area contributed by atoms with Crippen LogP contribution in [0.25, 0.3) is 11.1 Å². The molecule has 7 rings (SSSR count). The number of rotatable bonds is 4. The van der Waals surface area contributed by atoms with Gasteiger partial charge in [0.2, 0.25) is 17.7 Å². The Hall–Kier alpha value is -3.94. The number of amides is 2. The highest BCUT2D eigenvalue weighted by atomic mass is 16.5. The zero-order valence-corrected chi connectivity index (χ0v) is 19.9. The third-order valence-corrected chi connectivity index (χ3v) is 7.92. The van der Waals surface area contributed by atoms with E-state index in [0.717, 1.165) is 66.8 Å². The summed E-state index contributed by atoms with van der Waals surface area (Å²) in [5.41, 5.74) is 4.36. The number of fused-ring (bicyclic) bond motifs is 3. The summed E-state index contributed by atoms with van der Waals surface area (Å²) < 4.78 is 5.87. The quantitative estimate of drug-likeness (QED) is 0.582. The van der Waals surface area contributed by atoms with Gasteiger partial charge in [-0.1, -0.05) is 12.1 Å². The first-order chi connectivity index (χ1) is 17.6. The lowest BCUT2D eigenvalue weighted by atomic mass is 10.0. The number of nitrogens with zero attached hydrogens (tertiary/aromatic N) is 4. The second-order valence-electron chi connectivity index (χ2n) is 10.3. The first-order valence-corrected chi connectivity index (χ1v) is 12.7. The van der Waals surface area contributed by atoms with E-state index in [0.29, 0.717) is 24.7 Å². The number of hydrogen-bond donors (Lipinski definition) is 1. The summed E-state index contributed by atoms with van der Waals surface area (Å²) in [4.78, 5) is 38.1. The van der Waals surface area contributed by atoms with E-state index in [1.54, 1.807) is 6.20 Å². The van der Waals surface area contributed by atoms with Gasteiger partial charge in [0.25, 0.3) is 0 Å². The molecule has 8 nitrogen and oxygen atoms in total. The second kappa shape index (κ2) is 8.05. The van der Waals surface area contributed by atoms with Crippen LogP contribution < -0.4 is 19.9 Å². The van der Waals surface area contributed by atoms with Crippen molar-refractivity contribution >= 4 is 34.7 Å². The standard InChI is InChI=1S/C28H27N5O3/c34-25-2-1-12-32(25)21-6-3-18(4-7-21)19-5-8-24(29-16-19)31-20-14-23-26(30-17-20)36-13-9-22-15-28(10-11-28)27(35)33(22)23/h3-8,14,16-17,22H,1-2,9-13,15H2,(H,29,31)/t22-/m1/s1. The maximum atomic E-state index is 13.2. The Balaban J connectivity index is 1.09. The number of pyridine rings is 2. The van der Waals surface area contributed by atoms with Crippen molar-refractivity contribution in [1.29, 1.82) is 0 Å². The number of hydrogen-bond acceptors (Lipinski definition) is 6. The van der Waals surface area contributed by atoms with E-state index in [2.05, 4.69) is 15.3 Å². The van der Waals surface area contributed by atoms with Crippen molar-refractivity contribution in [3.63, 3.8) is 0 Å². The molecule has 2 saturated heterocycles. The number of anilines is 4. The average Bonchev–Trinajstić information content (AvgIpc) is 3.52. The molecule has 1 aromatic carbocycles.